The number of primary amides is 1. The predicted octanol–water partition coefficient (Wildman–Crippen LogP) is 2.21. The van der Waals surface area contributed by atoms with E-state index in [4.69, 9.17) is 19.9 Å². The minimum absolute atomic E-state index is 0.0918. The molecule has 0 atom stereocenters. The van der Waals surface area contributed by atoms with Crippen LogP contribution in [-0.4, -0.2) is 32.6 Å². The lowest BCUT2D eigenvalue weighted by atomic mass is 10.1. The minimum atomic E-state index is -0.454. The zero-order valence-corrected chi connectivity index (χ0v) is 14.1. The summed E-state index contributed by atoms with van der Waals surface area (Å²) in [4.78, 5) is 23.4. The summed E-state index contributed by atoms with van der Waals surface area (Å²) in [6, 6.07) is 11.8. The highest BCUT2D eigenvalue weighted by molar-refractivity contribution is 6.07. The highest BCUT2D eigenvalue weighted by Crippen LogP contribution is 2.28. The Labute approximate surface area is 145 Å². The molecule has 2 rings (SSSR count). The molecular weight excluding hydrogens is 324 g/mol. The van der Waals surface area contributed by atoms with Crippen molar-refractivity contribution in [3.8, 4) is 17.2 Å². The van der Waals surface area contributed by atoms with Gasteiger partial charge in [-0.2, -0.15) is 0 Å². The van der Waals surface area contributed by atoms with E-state index in [-0.39, 0.29) is 18.9 Å². The van der Waals surface area contributed by atoms with Gasteiger partial charge in [0.15, 0.2) is 0 Å². The SMILES string of the molecule is COc1ccc(C(=O)Nc2ccccc2OCCC(N)=O)c(OC)c1. The molecule has 0 aliphatic rings. The maximum absolute atomic E-state index is 12.6. The Hall–Kier alpha value is -3.22. The Morgan fingerprint density at radius 3 is 2.48 bits per heavy atom. The van der Waals surface area contributed by atoms with Crippen molar-refractivity contribution in [2.75, 3.05) is 26.1 Å². The van der Waals surface area contributed by atoms with Gasteiger partial charge >= 0.3 is 0 Å². The van der Waals surface area contributed by atoms with Gasteiger partial charge in [0.05, 0.1) is 38.5 Å². The van der Waals surface area contributed by atoms with Gasteiger partial charge < -0.3 is 25.3 Å². The van der Waals surface area contributed by atoms with Crippen LogP contribution in [0.2, 0.25) is 0 Å². The number of carbonyl (C=O) groups excluding carboxylic acids is 2. The average Bonchev–Trinajstić information content (AvgIpc) is 2.62. The molecule has 0 radical (unpaired) electrons. The summed E-state index contributed by atoms with van der Waals surface area (Å²) in [6.07, 6.45) is 0.0918. The monoisotopic (exact) mass is 344 g/mol. The van der Waals surface area contributed by atoms with Crippen LogP contribution in [0, 0.1) is 0 Å². The molecule has 25 heavy (non-hydrogen) atoms. The average molecular weight is 344 g/mol. The number of ether oxygens (including phenoxy) is 3. The summed E-state index contributed by atoms with van der Waals surface area (Å²) < 4.78 is 15.9. The van der Waals surface area contributed by atoms with Crippen molar-refractivity contribution >= 4 is 17.5 Å². The number of hydrogen-bond acceptors (Lipinski definition) is 5. The normalized spacial score (nSPS) is 10.0. The lowest BCUT2D eigenvalue weighted by Crippen LogP contribution is -2.16. The fourth-order valence-electron chi connectivity index (χ4n) is 2.13. The number of para-hydroxylation sites is 2. The van der Waals surface area contributed by atoms with Gasteiger partial charge in [-0.25, -0.2) is 0 Å². The van der Waals surface area contributed by atoms with E-state index < -0.39 is 5.91 Å². The van der Waals surface area contributed by atoms with Crippen molar-refractivity contribution in [1.29, 1.82) is 0 Å². The van der Waals surface area contributed by atoms with Gasteiger partial charge in [-0.3, -0.25) is 9.59 Å². The Balaban J connectivity index is 2.16. The maximum Gasteiger partial charge on any atom is 0.259 e. The quantitative estimate of drug-likeness (QED) is 0.765. The molecule has 0 saturated carbocycles. The Bertz CT molecular complexity index is 761. The smallest absolute Gasteiger partial charge is 0.259 e. The molecule has 2 amide bonds. The largest absolute Gasteiger partial charge is 0.497 e. The summed E-state index contributed by atoms with van der Waals surface area (Å²) in [5, 5.41) is 2.78. The van der Waals surface area contributed by atoms with Gasteiger partial charge in [0.1, 0.15) is 17.2 Å². The summed E-state index contributed by atoms with van der Waals surface area (Å²) in [7, 11) is 3.01. The van der Waals surface area contributed by atoms with Crippen molar-refractivity contribution in [2.24, 2.45) is 5.73 Å². The molecule has 3 N–H and O–H groups in total. The van der Waals surface area contributed by atoms with Gasteiger partial charge in [-0.1, -0.05) is 12.1 Å². The molecule has 0 bridgehead atoms. The number of nitrogens with two attached hydrogens (primary N) is 1. The van der Waals surface area contributed by atoms with Crippen LogP contribution in [0.4, 0.5) is 5.69 Å². The minimum Gasteiger partial charge on any atom is -0.497 e. The maximum atomic E-state index is 12.6. The highest BCUT2D eigenvalue weighted by Gasteiger charge is 2.15. The number of benzene rings is 2. The summed E-state index contributed by atoms with van der Waals surface area (Å²) in [5.41, 5.74) is 5.93. The number of amides is 2. The number of methoxy groups -OCH3 is 2. The van der Waals surface area contributed by atoms with Crippen molar-refractivity contribution in [2.45, 2.75) is 6.42 Å². The van der Waals surface area contributed by atoms with E-state index >= 15 is 0 Å². The third-order valence-electron chi connectivity index (χ3n) is 3.39. The van der Waals surface area contributed by atoms with Crippen LogP contribution in [-0.2, 0) is 4.79 Å². The van der Waals surface area contributed by atoms with Gasteiger partial charge in [-0.15, -0.1) is 0 Å². The molecule has 0 fully saturated rings. The lowest BCUT2D eigenvalue weighted by molar-refractivity contribution is -0.118. The highest BCUT2D eigenvalue weighted by atomic mass is 16.5. The van der Waals surface area contributed by atoms with Crippen LogP contribution in [0.3, 0.4) is 0 Å². The number of rotatable bonds is 8. The van der Waals surface area contributed by atoms with Crippen LogP contribution in [0.15, 0.2) is 42.5 Å². The number of hydrogen-bond donors (Lipinski definition) is 2. The second-order valence-electron chi connectivity index (χ2n) is 5.08. The van der Waals surface area contributed by atoms with E-state index in [9.17, 15) is 9.59 Å². The molecule has 0 saturated heterocycles. The van der Waals surface area contributed by atoms with Gasteiger partial charge in [-0.05, 0) is 24.3 Å². The second kappa shape index (κ2) is 8.58. The van der Waals surface area contributed by atoms with E-state index in [0.29, 0.717) is 28.5 Å². The van der Waals surface area contributed by atoms with Gasteiger partial charge in [0, 0.05) is 6.07 Å². The fourth-order valence-corrected chi connectivity index (χ4v) is 2.13. The molecule has 7 nitrogen and oxygen atoms in total. The predicted molar refractivity (Wildman–Crippen MR) is 93.2 cm³/mol. The van der Waals surface area contributed by atoms with E-state index in [1.165, 1.54) is 14.2 Å². The van der Waals surface area contributed by atoms with Crippen LogP contribution < -0.4 is 25.3 Å². The Morgan fingerprint density at radius 1 is 1.04 bits per heavy atom. The third kappa shape index (κ3) is 4.87. The van der Waals surface area contributed by atoms with E-state index in [0.717, 1.165) is 0 Å². The first-order chi connectivity index (χ1) is 12.0. The summed E-state index contributed by atoms with van der Waals surface area (Å²) in [6.45, 7) is 0.133. The number of anilines is 1. The fraction of sp³-hybridized carbons (Fsp3) is 0.222. The molecule has 2 aromatic carbocycles. The first-order valence-electron chi connectivity index (χ1n) is 7.58. The standard InChI is InChI=1S/C18H20N2O5/c1-23-12-7-8-13(16(11-12)24-2)18(22)20-14-5-3-4-6-15(14)25-10-9-17(19)21/h3-8,11H,9-10H2,1-2H3,(H2,19,21)(H,20,22). The topological polar surface area (TPSA) is 99.9 Å². The molecular formula is C18H20N2O5. The van der Waals surface area contributed by atoms with Gasteiger partial charge in [0.25, 0.3) is 5.91 Å². The lowest BCUT2D eigenvalue weighted by Gasteiger charge is -2.14. The molecule has 0 aliphatic carbocycles. The van der Waals surface area contributed by atoms with E-state index in [1.54, 1.807) is 42.5 Å². The molecule has 0 aliphatic heterocycles. The van der Waals surface area contributed by atoms with Crippen molar-refractivity contribution < 1.29 is 23.8 Å². The van der Waals surface area contributed by atoms with E-state index in [2.05, 4.69) is 5.32 Å². The molecule has 0 heterocycles. The first kappa shape index (κ1) is 18.1. The Morgan fingerprint density at radius 2 is 1.80 bits per heavy atom. The molecule has 2 aromatic rings. The Kier molecular flexibility index (Phi) is 6.22. The van der Waals surface area contributed by atoms with Crippen LogP contribution >= 0.6 is 0 Å². The van der Waals surface area contributed by atoms with Crippen LogP contribution in [0.1, 0.15) is 16.8 Å². The van der Waals surface area contributed by atoms with Crippen molar-refractivity contribution in [3.63, 3.8) is 0 Å². The summed E-state index contributed by atoms with van der Waals surface area (Å²) >= 11 is 0. The van der Waals surface area contributed by atoms with Crippen molar-refractivity contribution in [1.82, 2.24) is 0 Å². The number of carbonyl (C=O) groups is 2. The van der Waals surface area contributed by atoms with Crippen LogP contribution in [0.25, 0.3) is 0 Å². The first-order valence-corrected chi connectivity index (χ1v) is 7.58. The molecule has 7 heteroatoms. The molecule has 0 aromatic heterocycles. The van der Waals surface area contributed by atoms with E-state index in [1.807, 2.05) is 0 Å². The third-order valence-corrected chi connectivity index (χ3v) is 3.39. The van der Waals surface area contributed by atoms with Gasteiger partial charge in [0.2, 0.25) is 5.91 Å². The van der Waals surface area contributed by atoms with Crippen molar-refractivity contribution in [3.05, 3.63) is 48.0 Å². The zero-order valence-electron chi connectivity index (χ0n) is 14.1. The number of nitrogens with one attached hydrogen (secondary N) is 1. The summed E-state index contributed by atoms with van der Waals surface area (Å²) in [5.74, 6) is 0.618. The molecule has 132 valence electrons. The molecule has 0 unspecified atom stereocenters. The van der Waals surface area contributed by atoms with Crippen LogP contribution in [0.5, 0.6) is 17.2 Å². The zero-order chi connectivity index (χ0) is 18.2. The molecule has 0 spiro atoms. The second-order valence-corrected chi connectivity index (χ2v) is 5.08.